The molecular weight excluding hydrogens is 473 g/mol. The quantitative estimate of drug-likeness (QED) is 0.482. The summed E-state index contributed by atoms with van der Waals surface area (Å²) in [5, 5.41) is 12.9. The van der Waals surface area contributed by atoms with E-state index in [0.29, 0.717) is 52.1 Å². The molecule has 7 nitrogen and oxygen atoms in total. The minimum Gasteiger partial charge on any atom is -0.490 e. The molecule has 200 valence electrons. The Hall–Kier alpha value is -2.71. The highest BCUT2D eigenvalue weighted by molar-refractivity contribution is 5.68. The smallest absolute Gasteiger partial charge is 0.304 e. The van der Waals surface area contributed by atoms with Gasteiger partial charge in [0.2, 0.25) is 0 Å². The fraction of sp³-hybridized carbons (Fsp3) is 0.586. The molecule has 0 radical (unpaired) electrons. The number of benzene rings is 1. The number of likely N-dealkylation sites (tertiary alicyclic amines) is 1. The molecule has 2 atom stereocenters. The first-order valence-electron chi connectivity index (χ1n) is 13.7. The van der Waals surface area contributed by atoms with E-state index >= 15 is 4.39 Å². The van der Waals surface area contributed by atoms with Gasteiger partial charge in [0.05, 0.1) is 19.6 Å². The summed E-state index contributed by atoms with van der Waals surface area (Å²) in [4.78, 5) is 18.5. The zero-order chi connectivity index (χ0) is 25.7. The number of ether oxygens (including phenoxy) is 2. The topological polar surface area (TPSA) is 83.9 Å². The van der Waals surface area contributed by atoms with Gasteiger partial charge in [-0.1, -0.05) is 18.2 Å². The van der Waals surface area contributed by atoms with Crippen molar-refractivity contribution in [3.05, 3.63) is 53.2 Å². The summed E-state index contributed by atoms with van der Waals surface area (Å²) >= 11 is 0. The Labute approximate surface area is 218 Å². The molecule has 2 saturated heterocycles. The van der Waals surface area contributed by atoms with Crippen molar-refractivity contribution in [2.75, 3.05) is 44.7 Å². The number of nitrogens with one attached hydrogen (secondary N) is 1. The van der Waals surface area contributed by atoms with Crippen molar-refractivity contribution in [1.29, 1.82) is 0 Å². The predicted octanol–water partition coefficient (Wildman–Crippen LogP) is 4.60. The maximum Gasteiger partial charge on any atom is 0.304 e. The highest BCUT2D eigenvalue weighted by atomic mass is 19.1. The van der Waals surface area contributed by atoms with Gasteiger partial charge >= 0.3 is 5.97 Å². The maximum atomic E-state index is 15.8. The van der Waals surface area contributed by atoms with E-state index in [-0.39, 0.29) is 18.4 Å². The summed E-state index contributed by atoms with van der Waals surface area (Å²) in [7, 11) is 0. The van der Waals surface area contributed by atoms with Crippen molar-refractivity contribution < 1.29 is 23.8 Å². The lowest BCUT2D eigenvalue weighted by atomic mass is 9.94. The van der Waals surface area contributed by atoms with Crippen LogP contribution in [0, 0.1) is 0 Å². The van der Waals surface area contributed by atoms with Crippen molar-refractivity contribution in [3.63, 3.8) is 0 Å². The number of nitrogens with zero attached hydrogens (tertiary/aromatic N) is 2. The molecular formula is C29H38FN3O4. The Bertz CT molecular complexity index is 1080. The van der Waals surface area contributed by atoms with Gasteiger partial charge in [0.1, 0.15) is 23.3 Å². The molecule has 3 aliphatic heterocycles. The molecule has 0 aliphatic carbocycles. The van der Waals surface area contributed by atoms with Gasteiger partial charge in [0.25, 0.3) is 0 Å². The summed E-state index contributed by atoms with van der Waals surface area (Å²) < 4.78 is 27.4. The van der Waals surface area contributed by atoms with Crippen molar-refractivity contribution in [3.8, 4) is 5.75 Å². The molecule has 0 bridgehead atoms. The third kappa shape index (κ3) is 6.99. The Kier molecular flexibility index (Phi) is 8.25. The SMILES string of the molecule is O=C(O)CC(CN1CC[C@@](F)(CCc2ccc3c(n2)NCCC3)C1)c1cccc(OC2CCOCC2)c1. The van der Waals surface area contributed by atoms with Gasteiger partial charge in [-0.2, -0.15) is 0 Å². The number of aryl methyl sites for hydroxylation is 2. The number of rotatable bonds is 10. The summed E-state index contributed by atoms with van der Waals surface area (Å²) in [5.74, 6) is 0.627. The van der Waals surface area contributed by atoms with Crippen LogP contribution < -0.4 is 10.1 Å². The summed E-state index contributed by atoms with van der Waals surface area (Å²) in [6.07, 6.45) is 5.47. The number of aromatic nitrogens is 1. The maximum absolute atomic E-state index is 15.8. The number of fused-ring (bicyclic) bond motifs is 1. The molecule has 37 heavy (non-hydrogen) atoms. The molecule has 2 aromatic rings. The van der Waals surface area contributed by atoms with Gasteiger partial charge in [-0.25, -0.2) is 9.37 Å². The van der Waals surface area contributed by atoms with E-state index in [0.717, 1.165) is 55.1 Å². The number of carboxylic acids is 1. The van der Waals surface area contributed by atoms with Crippen LogP contribution in [-0.4, -0.2) is 72.1 Å². The number of anilines is 1. The molecule has 4 heterocycles. The Morgan fingerprint density at radius 3 is 3.00 bits per heavy atom. The van der Waals surface area contributed by atoms with Crippen molar-refractivity contribution >= 4 is 11.8 Å². The largest absolute Gasteiger partial charge is 0.490 e. The molecule has 5 rings (SSSR count). The van der Waals surface area contributed by atoms with E-state index in [1.165, 1.54) is 5.56 Å². The zero-order valence-electron chi connectivity index (χ0n) is 21.5. The second-order valence-electron chi connectivity index (χ2n) is 10.8. The molecule has 0 saturated carbocycles. The molecule has 0 spiro atoms. The minimum absolute atomic E-state index is 0.00253. The van der Waals surface area contributed by atoms with E-state index in [1.807, 2.05) is 30.3 Å². The number of pyridine rings is 1. The average molecular weight is 512 g/mol. The third-order valence-corrected chi connectivity index (χ3v) is 7.86. The normalized spacial score (nSPS) is 23.3. The van der Waals surface area contributed by atoms with Crippen LogP contribution in [0.25, 0.3) is 0 Å². The number of carbonyl (C=O) groups is 1. The second-order valence-corrected chi connectivity index (χ2v) is 10.8. The first kappa shape index (κ1) is 25.9. The van der Waals surface area contributed by atoms with Gasteiger partial charge in [0, 0.05) is 50.6 Å². The van der Waals surface area contributed by atoms with Crippen molar-refractivity contribution in [1.82, 2.24) is 9.88 Å². The van der Waals surface area contributed by atoms with E-state index in [9.17, 15) is 9.90 Å². The third-order valence-electron chi connectivity index (χ3n) is 7.86. The van der Waals surface area contributed by atoms with Gasteiger partial charge < -0.3 is 19.9 Å². The zero-order valence-corrected chi connectivity index (χ0v) is 21.5. The average Bonchev–Trinajstić information content (AvgIpc) is 3.28. The first-order valence-corrected chi connectivity index (χ1v) is 13.7. The monoisotopic (exact) mass is 511 g/mol. The van der Waals surface area contributed by atoms with Crippen LogP contribution in [0.5, 0.6) is 5.75 Å². The Balaban J connectivity index is 1.19. The van der Waals surface area contributed by atoms with Crippen LogP contribution in [0.2, 0.25) is 0 Å². The molecule has 1 aromatic carbocycles. The molecule has 1 unspecified atom stereocenters. The van der Waals surface area contributed by atoms with Crippen LogP contribution in [-0.2, 0) is 22.4 Å². The summed E-state index contributed by atoms with van der Waals surface area (Å²) in [6, 6.07) is 11.9. The van der Waals surface area contributed by atoms with Crippen molar-refractivity contribution in [2.45, 2.75) is 69.1 Å². The van der Waals surface area contributed by atoms with Crippen molar-refractivity contribution in [2.24, 2.45) is 0 Å². The van der Waals surface area contributed by atoms with Crippen LogP contribution >= 0.6 is 0 Å². The van der Waals surface area contributed by atoms with Crippen LogP contribution in [0.1, 0.15) is 61.3 Å². The number of alkyl halides is 1. The fourth-order valence-electron chi connectivity index (χ4n) is 5.78. The predicted molar refractivity (Wildman–Crippen MR) is 140 cm³/mol. The Morgan fingerprint density at radius 1 is 1.30 bits per heavy atom. The Morgan fingerprint density at radius 2 is 2.16 bits per heavy atom. The highest BCUT2D eigenvalue weighted by Crippen LogP contribution is 2.34. The lowest BCUT2D eigenvalue weighted by molar-refractivity contribution is -0.137. The molecule has 2 N–H and O–H groups in total. The first-order chi connectivity index (χ1) is 18.0. The molecule has 3 aliphatic rings. The molecule has 2 fully saturated rings. The van der Waals surface area contributed by atoms with E-state index in [1.54, 1.807) is 0 Å². The van der Waals surface area contributed by atoms with Crippen LogP contribution in [0.15, 0.2) is 36.4 Å². The molecule has 1 aromatic heterocycles. The standard InChI is InChI=1S/C29H38FN3O4/c30-29(11-8-24-7-6-21-4-2-13-31-28(21)32-24)12-14-33(20-29)19-23(18-27(34)35)22-3-1-5-26(17-22)37-25-9-15-36-16-10-25/h1,3,5-7,17,23,25H,2,4,8-16,18-20H2,(H,31,32)(H,34,35)/t23?,29-/m0/s1. The van der Waals surface area contributed by atoms with E-state index in [4.69, 9.17) is 14.5 Å². The number of hydrogen-bond acceptors (Lipinski definition) is 6. The van der Waals surface area contributed by atoms with Crippen LogP contribution in [0.4, 0.5) is 10.2 Å². The molecule has 0 amide bonds. The lowest BCUT2D eigenvalue weighted by Crippen LogP contribution is -2.33. The summed E-state index contributed by atoms with van der Waals surface area (Å²) in [5.41, 5.74) is 1.80. The van der Waals surface area contributed by atoms with E-state index in [2.05, 4.69) is 16.3 Å². The number of carboxylic acid groups (broad SMARTS) is 1. The van der Waals surface area contributed by atoms with Gasteiger partial charge in [-0.05, 0) is 61.4 Å². The van der Waals surface area contributed by atoms with Crippen LogP contribution in [0.3, 0.4) is 0 Å². The summed E-state index contributed by atoms with van der Waals surface area (Å²) in [6.45, 7) is 3.80. The number of halogens is 1. The van der Waals surface area contributed by atoms with E-state index < -0.39 is 11.6 Å². The molecule has 8 heteroatoms. The number of hydrogen-bond donors (Lipinski definition) is 2. The minimum atomic E-state index is -1.28. The van der Waals surface area contributed by atoms with Gasteiger partial charge in [-0.3, -0.25) is 9.69 Å². The lowest BCUT2D eigenvalue weighted by Gasteiger charge is -2.26. The van der Waals surface area contributed by atoms with Gasteiger partial charge in [-0.15, -0.1) is 0 Å². The highest BCUT2D eigenvalue weighted by Gasteiger charge is 2.39. The number of aliphatic carboxylic acids is 1. The second kappa shape index (κ2) is 11.8. The van der Waals surface area contributed by atoms with Gasteiger partial charge in [0.15, 0.2) is 0 Å². The fourth-order valence-corrected chi connectivity index (χ4v) is 5.78.